The fourth-order valence-corrected chi connectivity index (χ4v) is 3.79. The van der Waals surface area contributed by atoms with E-state index in [0.717, 1.165) is 28.4 Å². The van der Waals surface area contributed by atoms with E-state index in [4.69, 9.17) is 16.7 Å². The number of fused-ring (bicyclic) bond motifs is 1. The van der Waals surface area contributed by atoms with E-state index in [0.29, 0.717) is 17.8 Å². The van der Waals surface area contributed by atoms with Crippen LogP contribution in [-0.2, 0) is 12.6 Å². The Labute approximate surface area is 176 Å². The highest BCUT2D eigenvalue weighted by molar-refractivity contribution is 6.32. The zero-order valence-electron chi connectivity index (χ0n) is 16.0. The van der Waals surface area contributed by atoms with Gasteiger partial charge in [-0.25, -0.2) is 4.98 Å². The van der Waals surface area contributed by atoms with Crippen molar-refractivity contribution >= 4 is 22.6 Å². The number of aliphatic hydroxyl groups is 1. The summed E-state index contributed by atoms with van der Waals surface area (Å²) in [5.41, 5.74) is 3.27. The van der Waals surface area contributed by atoms with Gasteiger partial charge in [0, 0.05) is 17.9 Å². The monoisotopic (exact) mass is 430 g/mol. The maximum Gasteiger partial charge on any atom is 0.417 e. The predicted octanol–water partition coefficient (Wildman–Crippen LogP) is 6.21. The molecule has 4 aromatic rings. The number of benzene rings is 3. The number of alkyl halides is 3. The van der Waals surface area contributed by atoms with Crippen LogP contribution in [0.15, 0.2) is 60.7 Å². The highest BCUT2D eigenvalue weighted by atomic mass is 35.5. The van der Waals surface area contributed by atoms with E-state index in [1.54, 1.807) is 0 Å². The third kappa shape index (κ3) is 3.68. The van der Waals surface area contributed by atoms with Gasteiger partial charge in [-0.15, -0.1) is 0 Å². The van der Waals surface area contributed by atoms with Crippen molar-refractivity contribution in [1.82, 2.24) is 9.55 Å². The highest BCUT2D eigenvalue weighted by Crippen LogP contribution is 2.39. The summed E-state index contributed by atoms with van der Waals surface area (Å²) in [6.07, 6.45) is -4.04. The Bertz CT molecular complexity index is 1210. The van der Waals surface area contributed by atoms with Crippen LogP contribution in [0.3, 0.4) is 0 Å². The van der Waals surface area contributed by atoms with Crippen molar-refractivity contribution in [3.8, 4) is 17.1 Å². The van der Waals surface area contributed by atoms with E-state index in [-0.39, 0.29) is 17.1 Å². The molecule has 4 rings (SSSR count). The van der Waals surface area contributed by atoms with Crippen molar-refractivity contribution in [2.24, 2.45) is 0 Å². The summed E-state index contributed by atoms with van der Waals surface area (Å²) in [6.45, 7) is 1.97. The topological polar surface area (TPSA) is 38.0 Å². The van der Waals surface area contributed by atoms with Crippen LogP contribution in [0.5, 0.6) is 0 Å². The van der Waals surface area contributed by atoms with Crippen LogP contribution < -0.4 is 0 Å². The second-order valence-corrected chi connectivity index (χ2v) is 7.45. The van der Waals surface area contributed by atoms with Gasteiger partial charge in [-0.1, -0.05) is 48.0 Å². The Kier molecular flexibility index (Phi) is 5.30. The Morgan fingerprint density at radius 1 is 1.03 bits per heavy atom. The number of aromatic nitrogens is 2. The van der Waals surface area contributed by atoms with Gasteiger partial charge in [-0.05, 0) is 48.7 Å². The van der Waals surface area contributed by atoms with Crippen molar-refractivity contribution in [3.63, 3.8) is 0 Å². The molecule has 0 amide bonds. The van der Waals surface area contributed by atoms with E-state index in [1.807, 2.05) is 60.0 Å². The lowest BCUT2D eigenvalue weighted by atomic mass is 10.1. The van der Waals surface area contributed by atoms with Crippen LogP contribution in [-0.4, -0.2) is 21.3 Å². The third-order valence-electron chi connectivity index (χ3n) is 5.03. The summed E-state index contributed by atoms with van der Waals surface area (Å²) in [6, 6.07) is 17.4. The van der Waals surface area contributed by atoms with Crippen LogP contribution in [0.1, 0.15) is 16.7 Å². The van der Waals surface area contributed by atoms with Gasteiger partial charge in [0.15, 0.2) is 0 Å². The van der Waals surface area contributed by atoms with Crippen molar-refractivity contribution in [2.75, 3.05) is 6.61 Å². The summed E-state index contributed by atoms with van der Waals surface area (Å²) >= 11 is 6.01. The molecule has 3 nitrogen and oxygen atoms in total. The minimum Gasteiger partial charge on any atom is -0.396 e. The maximum atomic E-state index is 13.4. The molecule has 1 heterocycles. The first-order valence-electron chi connectivity index (χ1n) is 9.35. The quantitative estimate of drug-likeness (QED) is 0.418. The number of imidazole rings is 1. The Morgan fingerprint density at radius 2 is 1.73 bits per heavy atom. The first-order valence-corrected chi connectivity index (χ1v) is 9.73. The molecule has 0 atom stereocenters. The third-order valence-corrected chi connectivity index (χ3v) is 5.34. The molecule has 7 heteroatoms. The molecular weight excluding hydrogens is 413 g/mol. The minimum absolute atomic E-state index is 0.0393. The van der Waals surface area contributed by atoms with E-state index in [2.05, 4.69) is 4.98 Å². The molecule has 3 aromatic carbocycles. The highest BCUT2D eigenvalue weighted by Gasteiger charge is 2.34. The number of halogens is 4. The molecule has 0 aliphatic heterocycles. The first kappa shape index (κ1) is 20.4. The van der Waals surface area contributed by atoms with Gasteiger partial charge in [0.2, 0.25) is 0 Å². The first-order chi connectivity index (χ1) is 14.3. The molecule has 0 aliphatic carbocycles. The van der Waals surface area contributed by atoms with Crippen molar-refractivity contribution in [3.05, 3.63) is 82.4 Å². The number of nitrogens with zero attached hydrogens (tertiary/aromatic N) is 2. The molecule has 0 saturated carbocycles. The van der Waals surface area contributed by atoms with Gasteiger partial charge in [0.1, 0.15) is 5.82 Å². The largest absolute Gasteiger partial charge is 0.417 e. The number of hydrogen-bond donors (Lipinski definition) is 1. The molecule has 0 unspecified atom stereocenters. The molecule has 1 N–H and O–H groups in total. The fraction of sp³-hybridized carbons (Fsp3) is 0.174. The number of aliphatic hydroxyl groups excluding tert-OH is 1. The average Bonchev–Trinajstić information content (AvgIpc) is 3.06. The number of rotatable bonds is 4. The lowest BCUT2D eigenvalue weighted by molar-refractivity contribution is -0.137. The molecular formula is C23H18ClF3N2O. The lowest BCUT2D eigenvalue weighted by Gasteiger charge is -2.13. The normalized spacial score (nSPS) is 11.9. The van der Waals surface area contributed by atoms with E-state index in [1.165, 1.54) is 6.07 Å². The SMILES string of the molecule is Cc1ccccc1-c1nc2cc(C(F)(F)F)c(Cl)cc2n1-c1ccc(CCO)cc1. The van der Waals surface area contributed by atoms with Gasteiger partial charge >= 0.3 is 6.18 Å². The molecule has 1 aromatic heterocycles. The maximum absolute atomic E-state index is 13.4. The van der Waals surface area contributed by atoms with Crippen LogP contribution >= 0.6 is 11.6 Å². The van der Waals surface area contributed by atoms with Gasteiger partial charge in [0.25, 0.3) is 0 Å². The van der Waals surface area contributed by atoms with Crippen LogP contribution in [0, 0.1) is 6.92 Å². The fourth-order valence-electron chi connectivity index (χ4n) is 3.52. The molecule has 0 radical (unpaired) electrons. The molecule has 0 bridgehead atoms. The van der Waals surface area contributed by atoms with E-state index >= 15 is 0 Å². The van der Waals surface area contributed by atoms with E-state index in [9.17, 15) is 13.2 Å². The second-order valence-electron chi connectivity index (χ2n) is 7.04. The molecule has 0 spiro atoms. The molecule has 0 saturated heterocycles. The van der Waals surface area contributed by atoms with Gasteiger partial charge in [-0.2, -0.15) is 13.2 Å². The number of hydrogen-bond acceptors (Lipinski definition) is 2. The van der Waals surface area contributed by atoms with Crippen LogP contribution in [0.2, 0.25) is 5.02 Å². The van der Waals surface area contributed by atoms with Gasteiger partial charge in [-0.3, -0.25) is 4.57 Å². The predicted molar refractivity (Wildman–Crippen MR) is 112 cm³/mol. The summed E-state index contributed by atoms with van der Waals surface area (Å²) < 4.78 is 41.9. The number of aryl methyl sites for hydroxylation is 1. The summed E-state index contributed by atoms with van der Waals surface area (Å²) in [4.78, 5) is 4.56. The standard InChI is InChI=1S/C23H18ClF3N2O/c1-14-4-2-3-5-17(14)22-28-20-12-18(23(25,26)27)19(24)13-21(20)29(22)16-8-6-15(7-9-16)10-11-30/h2-9,12-13,30H,10-11H2,1H3. The zero-order valence-corrected chi connectivity index (χ0v) is 16.8. The Balaban J connectivity index is 2.01. The minimum atomic E-state index is -4.57. The summed E-state index contributed by atoms with van der Waals surface area (Å²) in [7, 11) is 0. The molecule has 30 heavy (non-hydrogen) atoms. The van der Waals surface area contributed by atoms with Crippen molar-refractivity contribution in [1.29, 1.82) is 0 Å². The molecule has 154 valence electrons. The second kappa shape index (κ2) is 7.78. The molecule has 0 aliphatic rings. The smallest absolute Gasteiger partial charge is 0.396 e. The lowest BCUT2D eigenvalue weighted by Crippen LogP contribution is -2.06. The van der Waals surface area contributed by atoms with Crippen molar-refractivity contribution in [2.45, 2.75) is 19.5 Å². The summed E-state index contributed by atoms with van der Waals surface area (Å²) in [5.74, 6) is 0.536. The van der Waals surface area contributed by atoms with Crippen molar-refractivity contribution < 1.29 is 18.3 Å². The summed E-state index contributed by atoms with van der Waals surface area (Å²) in [5, 5.41) is 8.77. The van der Waals surface area contributed by atoms with Gasteiger partial charge < -0.3 is 5.11 Å². The molecule has 0 fully saturated rings. The van der Waals surface area contributed by atoms with E-state index < -0.39 is 11.7 Å². The Morgan fingerprint density at radius 3 is 2.37 bits per heavy atom. The van der Waals surface area contributed by atoms with Crippen LogP contribution in [0.25, 0.3) is 28.1 Å². The Hall–Kier alpha value is -2.83. The van der Waals surface area contributed by atoms with Gasteiger partial charge in [0.05, 0.1) is 21.6 Å². The zero-order chi connectivity index (χ0) is 21.5. The van der Waals surface area contributed by atoms with Crippen LogP contribution in [0.4, 0.5) is 13.2 Å². The average molecular weight is 431 g/mol.